The van der Waals surface area contributed by atoms with Crippen LogP contribution in [0.4, 0.5) is 0 Å². The molecule has 124 valence electrons. The molecule has 5 rings (SSSR count). The van der Waals surface area contributed by atoms with Gasteiger partial charge in [-0.1, -0.05) is 38.8 Å². The molecule has 22 heavy (non-hydrogen) atoms. The monoisotopic (exact) mass is 431 g/mol. The normalized spacial score (nSPS) is 49.0. The number of amides is 1. The zero-order valence-electron chi connectivity index (χ0n) is 13.6. The van der Waals surface area contributed by atoms with Crippen LogP contribution in [0.2, 0.25) is 0 Å². The molecule has 2 nitrogen and oxygen atoms in total. The van der Waals surface area contributed by atoms with Gasteiger partial charge in [0.15, 0.2) is 0 Å². The van der Waals surface area contributed by atoms with Crippen LogP contribution in [0.25, 0.3) is 0 Å². The quantitative estimate of drug-likeness (QED) is 0.622. The van der Waals surface area contributed by atoms with E-state index in [1.807, 2.05) is 0 Å². The summed E-state index contributed by atoms with van der Waals surface area (Å²) in [5, 5.41) is 3.48. The first-order chi connectivity index (χ1) is 10.3. The Kier molecular flexibility index (Phi) is 3.60. The molecule has 5 aliphatic carbocycles. The molecule has 0 aromatic heterocycles. The minimum Gasteiger partial charge on any atom is -0.352 e. The Morgan fingerprint density at radius 3 is 1.95 bits per heavy atom. The number of nitrogens with one attached hydrogen (secondary N) is 1. The lowest BCUT2D eigenvalue weighted by Gasteiger charge is -2.59. The third-order valence-corrected chi connectivity index (χ3v) is 9.61. The first-order valence-corrected chi connectivity index (χ1v) is 10.6. The molecule has 0 unspecified atom stereocenters. The van der Waals surface area contributed by atoms with Gasteiger partial charge in [0.05, 0.1) is 8.65 Å². The summed E-state index contributed by atoms with van der Waals surface area (Å²) in [6.07, 6.45) is 10.4. The maximum absolute atomic E-state index is 12.8. The second kappa shape index (κ2) is 4.97. The molecule has 5 aliphatic rings. The van der Waals surface area contributed by atoms with Crippen molar-refractivity contribution in [3.05, 3.63) is 0 Å². The van der Waals surface area contributed by atoms with Gasteiger partial charge in [-0.25, -0.2) is 0 Å². The molecule has 1 N–H and O–H groups in total. The van der Waals surface area contributed by atoms with E-state index in [1.165, 1.54) is 38.5 Å². The van der Waals surface area contributed by atoms with Crippen molar-refractivity contribution < 1.29 is 4.79 Å². The van der Waals surface area contributed by atoms with Crippen LogP contribution >= 0.6 is 31.9 Å². The van der Waals surface area contributed by atoms with Gasteiger partial charge < -0.3 is 5.32 Å². The Hall–Kier alpha value is 0.430. The molecule has 0 spiro atoms. The largest absolute Gasteiger partial charge is 0.352 e. The Labute approximate surface area is 150 Å². The number of hydrogen-bond donors (Lipinski definition) is 1. The summed E-state index contributed by atoms with van der Waals surface area (Å²) in [7, 11) is 0. The van der Waals surface area contributed by atoms with Gasteiger partial charge in [0.25, 0.3) is 0 Å². The average Bonchev–Trinajstić information content (AvgIpc) is 2.94. The lowest BCUT2D eigenvalue weighted by atomic mass is 9.47. The van der Waals surface area contributed by atoms with Crippen LogP contribution in [-0.4, -0.2) is 15.2 Å². The minimum absolute atomic E-state index is 0.184. The zero-order valence-corrected chi connectivity index (χ0v) is 16.8. The number of carbonyl (C=O) groups excluding carboxylic acids is 1. The fourth-order valence-corrected chi connectivity index (χ4v) is 7.74. The van der Waals surface area contributed by atoms with Crippen molar-refractivity contribution in [2.75, 3.05) is 0 Å². The van der Waals surface area contributed by atoms with Crippen molar-refractivity contribution in [1.29, 1.82) is 0 Å². The van der Waals surface area contributed by atoms with Gasteiger partial charge >= 0.3 is 0 Å². The molecule has 0 aromatic rings. The molecule has 4 heteroatoms. The van der Waals surface area contributed by atoms with E-state index in [9.17, 15) is 4.79 Å². The van der Waals surface area contributed by atoms with E-state index >= 15 is 0 Å². The number of halogens is 2. The second-order valence-electron chi connectivity index (χ2n) is 8.93. The van der Waals surface area contributed by atoms with Crippen molar-refractivity contribution in [1.82, 2.24) is 5.32 Å². The summed E-state index contributed by atoms with van der Waals surface area (Å²) in [5.74, 6) is 3.07. The van der Waals surface area contributed by atoms with Crippen LogP contribution in [0.5, 0.6) is 0 Å². The van der Waals surface area contributed by atoms with Crippen LogP contribution in [0.3, 0.4) is 0 Å². The topological polar surface area (TPSA) is 29.1 Å². The fourth-order valence-electron chi connectivity index (χ4n) is 6.26. The third kappa shape index (κ3) is 2.26. The molecule has 4 bridgehead atoms. The summed E-state index contributed by atoms with van der Waals surface area (Å²) in [6, 6.07) is 0.377. The number of rotatable bonds is 4. The van der Waals surface area contributed by atoms with Crippen molar-refractivity contribution >= 4 is 37.8 Å². The fraction of sp³-hybridized carbons (Fsp3) is 0.944. The highest BCUT2D eigenvalue weighted by molar-refractivity contribution is 9.25. The molecule has 5 saturated carbocycles. The van der Waals surface area contributed by atoms with E-state index in [1.54, 1.807) is 0 Å². The predicted molar refractivity (Wildman–Crippen MR) is 96.1 cm³/mol. The van der Waals surface area contributed by atoms with Gasteiger partial charge in [-0.05, 0) is 81.5 Å². The zero-order chi connectivity index (χ0) is 15.8. The first kappa shape index (κ1) is 15.9. The highest BCUT2D eigenvalue weighted by Gasteiger charge is 2.67. The van der Waals surface area contributed by atoms with Gasteiger partial charge in [0.1, 0.15) is 0 Å². The van der Waals surface area contributed by atoms with E-state index in [0.29, 0.717) is 11.5 Å². The van der Waals surface area contributed by atoms with E-state index in [-0.39, 0.29) is 14.6 Å². The number of alkyl halides is 2. The van der Waals surface area contributed by atoms with Crippen LogP contribution < -0.4 is 5.32 Å². The van der Waals surface area contributed by atoms with Gasteiger partial charge in [-0.2, -0.15) is 0 Å². The lowest BCUT2D eigenvalue weighted by Crippen LogP contribution is -2.57. The molecule has 0 aromatic carbocycles. The lowest BCUT2D eigenvalue weighted by molar-refractivity contribution is -0.131. The van der Waals surface area contributed by atoms with Crippen molar-refractivity contribution in [3.8, 4) is 0 Å². The van der Waals surface area contributed by atoms with Crippen LogP contribution in [0.15, 0.2) is 0 Å². The van der Waals surface area contributed by atoms with Gasteiger partial charge in [-0.15, -0.1) is 0 Å². The van der Waals surface area contributed by atoms with Gasteiger partial charge in [0, 0.05) is 6.04 Å². The third-order valence-electron chi connectivity index (χ3n) is 7.30. The summed E-state index contributed by atoms with van der Waals surface area (Å²) in [6.45, 7) is 4.33. The molecular weight excluding hydrogens is 406 g/mol. The highest BCUT2D eigenvalue weighted by atomic mass is 79.9. The molecule has 2 atom stereocenters. The molecule has 0 radical (unpaired) electrons. The molecule has 0 heterocycles. The predicted octanol–water partition coefficient (Wildman–Crippen LogP) is 4.99. The average molecular weight is 433 g/mol. The molecular formula is C18H27Br2NO. The molecule has 1 amide bonds. The van der Waals surface area contributed by atoms with Crippen molar-refractivity contribution in [2.24, 2.45) is 28.6 Å². The Morgan fingerprint density at radius 1 is 1.14 bits per heavy atom. The van der Waals surface area contributed by atoms with Crippen LogP contribution in [0, 0.1) is 28.6 Å². The van der Waals surface area contributed by atoms with Crippen molar-refractivity contribution in [2.45, 2.75) is 74.5 Å². The van der Waals surface area contributed by atoms with Gasteiger partial charge in [0.2, 0.25) is 5.91 Å². The summed E-state index contributed by atoms with van der Waals surface area (Å²) in [5.41, 5.74) is 0.119. The van der Waals surface area contributed by atoms with Crippen LogP contribution in [-0.2, 0) is 4.79 Å². The molecule has 0 saturated heterocycles. The first-order valence-electron chi connectivity index (χ1n) is 8.97. The number of hydrogen-bond acceptors (Lipinski definition) is 1. The van der Waals surface area contributed by atoms with Crippen LogP contribution in [0.1, 0.15) is 65.2 Å². The van der Waals surface area contributed by atoms with Crippen molar-refractivity contribution in [3.63, 3.8) is 0 Å². The van der Waals surface area contributed by atoms with Gasteiger partial charge in [-0.3, -0.25) is 4.79 Å². The second-order valence-corrected chi connectivity index (χ2v) is 12.7. The standard InChI is InChI=1S/C18H27Br2NO/c1-3-14(21-15(22)16(2)10-18(16,19)20)17-7-11-4-12(8-17)6-13(5-11)9-17/h11-14H,3-10H2,1-2H3,(H,21,22)/t11?,12?,13?,14-,16-,17?/m0/s1. The van der Waals surface area contributed by atoms with E-state index < -0.39 is 0 Å². The SMILES string of the molecule is CC[C@H](NC(=O)[C@]1(C)CC1(Br)Br)C12CC3CC(CC(C3)C1)C2. The Morgan fingerprint density at radius 2 is 1.59 bits per heavy atom. The maximum Gasteiger partial charge on any atom is 0.228 e. The summed E-state index contributed by atoms with van der Waals surface area (Å²) >= 11 is 7.28. The minimum atomic E-state index is -0.289. The summed E-state index contributed by atoms with van der Waals surface area (Å²) < 4.78 is -0.184. The molecule has 5 fully saturated rings. The highest BCUT2D eigenvalue weighted by Crippen LogP contribution is 2.67. The maximum atomic E-state index is 12.8. The number of carbonyl (C=O) groups is 1. The Bertz CT molecular complexity index is 468. The van der Waals surface area contributed by atoms with E-state index in [0.717, 1.165) is 30.6 Å². The van der Waals surface area contributed by atoms with E-state index in [4.69, 9.17) is 0 Å². The smallest absolute Gasteiger partial charge is 0.228 e. The molecule has 0 aliphatic heterocycles. The summed E-state index contributed by atoms with van der Waals surface area (Å²) in [4.78, 5) is 12.8. The Balaban J connectivity index is 1.52. The van der Waals surface area contributed by atoms with E-state index in [2.05, 4.69) is 51.0 Å².